The van der Waals surface area contributed by atoms with Gasteiger partial charge in [-0.1, -0.05) is 25.1 Å². The second kappa shape index (κ2) is 8.02. The second-order valence-electron chi connectivity index (χ2n) is 7.50. The molecule has 8 nitrogen and oxygen atoms in total. The van der Waals surface area contributed by atoms with E-state index >= 15 is 0 Å². The molecule has 3 aromatic heterocycles. The third kappa shape index (κ3) is 4.01. The summed E-state index contributed by atoms with van der Waals surface area (Å²) in [5.74, 6) is 3.37. The molecule has 0 radical (unpaired) electrons. The van der Waals surface area contributed by atoms with Crippen molar-refractivity contribution in [1.82, 2.24) is 30.4 Å². The summed E-state index contributed by atoms with van der Waals surface area (Å²) in [7, 11) is 2.00. The highest BCUT2D eigenvalue weighted by molar-refractivity contribution is 5.58. The van der Waals surface area contributed by atoms with Crippen LogP contribution >= 0.6 is 0 Å². The zero-order chi connectivity index (χ0) is 19.5. The van der Waals surface area contributed by atoms with E-state index in [1.807, 2.05) is 25.2 Å². The van der Waals surface area contributed by atoms with Gasteiger partial charge in [-0.15, -0.1) is 0 Å². The predicted molar refractivity (Wildman–Crippen MR) is 106 cm³/mol. The Bertz CT molecular complexity index is 939. The van der Waals surface area contributed by atoms with Gasteiger partial charge in [0.25, 0.3) is 0 Å². The van der Waals surface area contributed by atoms with Crippen LogP contribution in [0, 0.1) is 5.92 Å². The second-order valence-corrected chi connectivity index (χ2v) is 7.50. The first kappa shape index (κ1) is 18.5. The fourth-order valence-electron chi connectivity index (χ4n) is 3.35. The number of aromatic nitrogens is 5. The van der Waals surface area contributed by atoms with Crippen molar-refractivity contribution < 1.29 is 4.52 Å². The summed E-state index contributed by atoms with van der Waals surface area (Å²) in [5, 5.41) is 7.48. The molecular weight excluding hydrogens is 354 g/mol. The topological polar surface area (TPSA) is 92.9 Å². The molecule has 0 bridgehead atoms. The highest BCUT2D eigenvalue weighted by Gasteiger charge is 2.22. The SMILES string of the molecule is CC(C)Cc1noc(CN(C)c2nc(-c3ccccn3)nc3c2CCNC3)n1. The van der Waals surface area contributed by atoms with Crippen LogP contribution < -0.4 is 10.2 Å². The van der Waals surface area contributed by atoms with Gasteiger partial charge in [0, 0.05) is 31.8 Å². The molecule has 0 saturated carbocycles. The minimum Gasteiger partial charge on any atom is -0.350 e. The molecule has 8 heteroatoms. The van der Waals surface area contributed by atoms with Crippen molar-refractivity contribution in [3.8, 4) is 11.5 Å². The van der Waals surface area contributed by atoms with Crippen molar-refractivity contribution in [2.75, 3.05) is 18.5 Å². The van der Waals surface area contributed by atoms with Crippen LogP contribution in [-0.4, -0.2) is 38.7 Å². The molecule has 4 rings (SSSR count). The maximum atomic E-state index is 5.45. The van der Waals surface area contributed by atoms with Crippen molar-refractivity contribution in [2.24, 2.45) is 5.92 Å². The highest BCUT2D eigenvalue weighted by Crippen LogP contribution is 2.27. The summed E-state index contributed by atoms with van der Waals surface area (Å²) in [5.41, 5.74) is 2.96. The molecule has 4 heterocycles. The van der Waals surface area contributed by atoms with Gasteiger partial charge in [-0.05, 0) is 31.0 Å². The first-order valence-corrected chi connectivity index (χ1v) is 9.64. The van der Waals surface area contributed by atoms with Crippen LogP contribution in [0.2, 0.25) is 0 Å². The summed E-state index contributed by atoms with van der Waals surface area (Å²) < 4.78 is 5.45. The van der Waals surface area contributed by atoms with Crippen LogP contribution in [-0.2, 0) is 25.9 Å². The molecule has 0 spiro atoms. The number of rotatable bonds is 6. The lowest BCUT2D eigenvalue weighted by Crippen LogP contribution is -2.29. The molecule has 28 heavy (non-hydrogen) atoms. The summed E-state index contributed by atoms with van der Waals surface area (Å²) in [6.45, 7) is 6.44. The van der Waals surface area contributed by atoms with Crippen molar-refractivity contribution in [3.63, 3.8) is 0 Å². The molecule has 0 aliphatic carbocycles. The molecule has 0 unspecified atom stereocenters. The van der Waals surface area contributed by atoms with E-state index in [1.165, 1.54) is 5.56 Å². The molecule has 1 N–H and O–H groups in total. The van der Waals surface area contributed by atoms with Crippen LogP contribution in [0.3, 0.4) is 0 Å². The number of anilines is 1. The molecule has 1 aliphatic heterocycles. The molecule has 146 valence electrons. The fraction of sp³-hybridized carbons (Fsp3) is 0.450. The Labute approximate surface area is 164 Å². The number of pyridine rings is 1. The average molecular weight is 379 g/mol. The standard InChI is InChI=1S/C20H25N7O/c1-13(2)10-17-24-18(28-26-17)12-27(3)20-14-7-9-21-11-16(14)23-19(25-20)15-6-4-5-8-22-15/h4-6,8,13,21H,7,9-12H2,1-3H3. The Morgan fingerprint density at radius 3 is 2.89 bits per heavy atom. The monoisotopic (exact) mass is 379 g/mol. The molecule has 3 aromatic rings. The van der Waals surface area contributed by atoms with Gasteiger partial charge in [0.15, 0.2) is 11.6 Å². The largest absolute Gasteiger partial charge is 0.350 e. The van der Waals surface area contributed by atoms with Crippen LogP contribution in [0.15, 0.2) is 28.9 Å². The first-order valence-electron chi connectivity index (χ1n) is 9.64. The Kier molecular flexibility index (Phi) is 5.29. The smallest absolute Gasteiger partial charge is 0.246 e. The zero-order valence-electron chi connectivity index (χ0n) is 16.5. The highest BCUT2D eigenvalue weighted by atomic mass is 16.5. The van der Waals surface area contributed by atoms with E-state index in [1.54, 1.807) is 6.20 Å². The van der Waals surface area contributed by atoms with Crippen LogP contribution in [0.4, 0.5) is 5.82 Å². The molecule has 1 aliphatic rings. The number of fused-ring (bicyclic) bond motifs is 1. The third-order valence-electron chi connectivity index (χ3n) is 4.64. The lowest BCUT2D eigenvalue weighted by Gasteiger charge is -2.25. The van der Waals surface area contributed by atoms with Gasteiger partial charge < -0.3 is 14.7 Å². The maximum absolute atomic E-state index is 5.45. The average Bonchev–Trinajstić information content (AvgIpc) is 3.13. The van der Waals surface area contributed by atoms with Crippen molar-refractivity contribution >= 4 is 5.82 Å². The maximum Gasteiger partial charge on any atom is 0.246 e. The third-order valence-corrected chi connectivity index (χ3v) is 4.64. The Morgan fingerprint density at radius 1 is 1.21 bits per heavy atom. The zero-order valence-corrected chi connectivity index (χ0v) is 16.5. The number of nitrogens with zero attached hydrogens (tertiary/aromatic N) is 6. The summed E-state index contributed by atoms with van der Waals surface area (Å²) in [6, 6.07) is 5.76. The van der Waals surface area contributed by atoms with Gasteiger partial charge in [0.1, 0.15) is 11.5 Å². The van der Waals surface area contributed by atoms with Crippen molar-refractivity contribution in [1.29, 1.82) is 0 Å². The number of nitrogens with one attached hydrogen (secondary N) is 1. The number of hydrogen-bond acceptors (Lipinski definition) is 8. The Balaban J connectivity index is 1.64. The van der Waals surface area contributed by atoms with Crippen LogP contribution in [0.5, 0.6) is 0 Å². The quantitative estimate of drug-likeness (QED) is 0.698. The van der Waals surface area contributed by atoms with Gasteiger partial charge in [0.2, 0.25) is 5.89 Å². The fourth-order valence-corrected chi connectivity index (χ4v) is 3.35. The minimum absolute atomic E-state index is 0.491. The molecular formula is C20H25N7O. The Hall–Kier alpha value is -2.87. The Morgan fingerprint density at radius 2 is 2.11 bits per heavy atom. The van der Waals surface area contributed by atoms with E-state index in [-0.39, 0.29) is 0 Å². The molecule has 0 amide bonds. The van der Waals surface area contributed by atoms with E-state index < -0.39 is 0 Å². The van der Waals surface area contributed by atoms with E-state index in [0.717, 1.165) is 49.0 Å². The molecule has 0 fully saturated rings. The van der Waals surface area contributed by atoms with Gasteiger partial charge in [-0.2, -0.15) is 4.98 Å². The van der Waals surface area contributed by atoms with Gasteiger partial charge >= 0.3 is 0 Å². The van der Waals surface area contributed by atoms with Crippen molar-refractivity contribution in [2.45, 2.75) is 39.8 Å². The van der Waals surface area contributed by atoms with E-state index in [9.17, 15) is 0 Å². The number of hydrogen-bond donors (Lipinski definition) is 1. The lowest BCUT2D eigenvalue weighted by atomic mass is 10.1. The van der Waals surface area contributed by atoms with Crippen molar-refractivity contribution in [3.05, 3.63) is 47.4 Å². The van der Waals surface area contributed by atoms with E-state index in [0.29, 0.717) is 24.2 Å². The summed E-state index contributed by atoms with van der Waals surface area (Å²) in [6.07, 6.45) is 3.46. The summed E-state index contributed by atoms with van der Waals surface area (Å²) >= 11 is 0. The normalized spacial score (nSPS) is 13.6. The van der Waals surface area contributed by atoms with Gasteiger partial charge in [-0.25, -0.2) is 9.97 Å². The van der Waals surface area contributed by atoms with E-state index in [2.05, 4.69) is 39.2 Å². The predicted octanol–water partition coefficient (Wildman–Crippen LogP) is 2.40. The minimum atomic E-state index is 0.491. The lowest BCUT2D eigenvalue weighted by molar-refractivity contribution is 0.370. The van der Waals surface area contributed by atoms with Crippen LogP contribution in [0.1, 0.15) is 36.8 Å². The van der Waals surface area contributed by atoms with Gasteiger partial charge in [-0.3, -0.25) is 4.98 Å². The first-order chi connectivity index (χ1) is 13.6. The van der Waals surface area contributed by atoms with Gasteiger partial charge in [0.05, 0.1) is 12.2 Å². The molecule has 0 saturated heterocycles. The van der Waals surface area contributed by atoms with E-state index in [4.69, 9.17) is 14.5 Å². The summed E-state index contributed by atoms with van der Waals surface area (Å²) in [4.78, 5) is 20.6. The molecule has 0 atom stereocenters. The van der Waals surface area contributed by atoms with Crippen LogP contribution in [0.25, 0.3) is 11.5 Å². The molecule has 0 aromatic carbocycles.